The highest BCUT2D eigenvalue weighted by Gasteiger charge is 2.10. The van der Waals surface area contributed by atoms with Gasteiger partial charge in [-0.25, -0.2) is 5.10 Å². The summed E-state index contributed by atoms with van der Waals surface area (Å²) in [5.41, 5.74) is 1.28. The topological polar surface area (TPSA) is 76.2 Å². The minimum atomic E-state index is -0.399. The van der Waals surface area contributed by atoms with Gasteiger partial charge in [-0.05, 0) is 30.0 Å². The maximum atomic E-state index is 11.4. The van der Waals surface area contributed by atoms with Gasteiger partial charge in [-0.3, -0.25) is 4.79 Å². The highest BCUT2D eigenvalue weighted by Crippen LogP contribution is 2.28. The van der Waals surface area contributed by atoms with Crippen molar-refractivity contribution in [3.8, 4) is 11.5 Å². The molecule has 0 radical (unpaired) electrons. The minimum absolute atomic E-state index is 0.123. The molecule has 0 spiro atoms. The number of halogens is 1. The molecule has 1 unspecified atom stereocenters. The number of anilines is 1. The van der Waals surface area contributed by atoms with Crippen molar-refractivity contribution in [3.63, 3.8) is 0 Å². The van der Waals surface area contributed by atoms with Gasteiger partial charge in [-0.15, -0.1) is 0 Å². The summed E-state index contributed by atoms with van der Waals surface area (Å²) in [6.45, 7) is 2.78. The second-order valence-corrected chi connectivity index (χ2v) is 5.68. The predicted octanol–water partition coefficient (Wildman–Crippen LogP) is 2.73. The Labute approximate surface area is 139 Å². The zero-order chi connectivity index (χ0) is 16.8. The van der Waals surface area contributed by atoms with Crippen LogP contribution in [0, 0.1) is 5.92 Å². The Bertz CT molecular complexity index is 718. The largest absolute Gasteiger partial charge is 0.493 e. The first-order valence-corrected chi connectivity index (χ1v) is 7.61. The molecule has 0 fully saturated rings. The van der Waals surface area contributed by atoms with E-state index in [1.165, 1.54) is 6.20 Å². The van der Waals surface area contributed by atoms with Crippen LogP contribution >= 0.6 is 11.6 Å². The summed E-state index contributed by atoms with van der Waals surface area (Å²) >= 11 is 5.93. The summed E-state index contributed by atoms with van der Waals surface area (Å²) in [7, 11) is 3.23. The van der Waals surface area contributed by atoms with Crippen molar-refractivity contribution in [2.24, 2.45) is 5.92 Å². The first-order chi connectivity index (χ1) is 11.0. The Kier molecular flexibility index (Phi) is 5.87. The molecular formula is C16H20ClN3O3. The van der Waals surface area contributed by atoms with E-state index >= 15 is 0 Å². The number of benzene rings is 1. The van der Waals surface area contributed by atoms with E-state index in [0.717, 1.165) is 12.0 Å². The molecular weight excluding hydrogens is 318 g/mol. The van der Waals surface area contributed by atoms with Crippen molar-refractivity contribution in [2.45, 2.75) is 13.3 Å². The van der Waals surface area contributed by atoms with Gasteiger partial charge in [0.2, 0.25) is 0 Å². The third-order valence-electron chi connectivity index (χ3n) is 3.47. The standard InChI is InChI=1S/C16H20ClN3O3/c1-10(8-18-12-9-19-20-16(21)15(12)17)6-11-4-5-13(22-2)14(7-11)23-3/h4-5,7,9-10H,6,8H2,1-3H3,(H2,18,20,21). The lowest BCUT2D eigenvalue weighted by Crippen LogP contribution is -2.17. The Hall–Kier alpha value is -2.21. The van der Waals surface area contributed by atoms with E-state index in [1.54, 1.807) is 14.2 Å². The van der Waals surface area contributed by atoms with Crippen LogP contribution in [0.25, 0.3) is 0 Å². The molecule has 1 aromatic carbocycles. The number of methoxy groups -OCH3 is 2. The van der Waals surface area contributed by atoms with Crippen LogP contribution in [0.4, 0.5) is 5.69 Å². The highest BCUT2D eigenvalue weighted by molar-refractivity contribution is 6.32. The van der Waals surface area contributed by atoms with E-state index in [1.807, 2.05) is 18.2 Å². The summed E-state index contributed by atoms with van der Waals surface area (Å²) in [6.07, 6.45) is 2.36. The van der Waals surface area contributed by atoms with Crippen molar-refractivity contribution in [1.29, 1.82) is 0 Å². The monoisotopic (exact) mass is 337 g/mol. The molecule has 0 saturated heterocycles. The molecule has 2 aromatic rings. The average molecular weight is 338 g/mol. The Morgan fingerprint density at radius 3 is 2.74 bits per heavy atom. The molecule has 23 heavy (non-hydrogen) atoms. The van der Waals surface area contributed by atoms with E-state index < -0.39 is 5.56 Å². The molecule has 124 valence electrons. The van der Waals surface area contributed by atoms with E-state index in [0.29, 0.717) is 29.6 Å². The van der Waals surface area contributed by atoms with E-state index in [4.69, 9.17) is 21.1 Å². The average Bonchev–Trinajstić information content (AvgIpc) is 2.56. The number of hydrogen-bond acceptors (Lipinski definition) is 5. The summed E-state index contributed by atoms with van der Waals surface area (Å²) in [4.78, 5) is 11.4. The fourth-order valence-corrected chi connectivity index (χ4v) is 2.43. The fourth-order valence-electron chi connectivity index (χ4n) is 2.27. The molecule has 0 aliphatic carbocycles. The Morgan fingerprint density at radius 2 is 2.04 bits per heavy atom. The van der Waals surface area contributed by atoms with Gasteiger partial charge in [0.15, 0.2) is 11.5 Å². The third-order valence-corrected chi connectivity index (χ3v) is 3.84. The molecule has 1 heterocycles. The van der Waals surface area contributed by atoms with Gasteiger partial charge >= 0.3 is 0 Å². The van der Waals surface area contributed by atoms with Gasteiger partial charge < -0.3 is 14.8 Å². The van der Waals surface area contributed by atoms with Crippen LogP contribution in [0.2, 0.25) is 5.02 Å². The lowest BCUT2D eigenvalue weighted by molar-refractivity contribution is 0.354. The van der Waals surface area contributed by atoms with Crippen LogP contribution in [0.5, 0.6) is 11.5 Å². The molecule has 6 nitrogen and oxygen atoms in total. The van der Waals surface area contributed by atoms with Gasteiger partial charge in [-0.2, -0.15) is 5.10 Å². The molecule has 2 N–H and O–H groups in total. The van der Waals surface area contributed by atoms with E-state index in [-0.39, 0.29) is 5.02 Å². The van der Waals surface area contributed by atoms with Gasteiger partial charge in [0.05, 0.1) is 26.1 Å². The maximum absolute atomic E-state index is 11.4. The quantitative estimate of drug-likeness (QED) is 0.812. The number of ether oxygens (including phenoxy) is 2. The molecule has 0 saturated carbocycles. The van der Waals surface area contributed by atoms with Gasteiger partial charge in [0.25, 0.3) is 5.56 Å². The van der Waals surface area contributed by atoms with Crippen molar-refractivity contribution >= 4 is 17.3 Å². The molecule has 0 aliphatic rings. The van der Waals surface area contributed by atoms with Gasteiger partial charge in [0, 0.05) is 6.54 Å². The van der Waals surface area contributed by atoms with Crippen molar-refractivity contribution < 1.29 is 9.47 Å². The van der Waals surface area contributed by atoms with Crippen LogP contribution in [0.3, 0.4) is 0 Å². The molecule has 2 rings (SSSR count). The van der Waals surface area contributed by atoms with Crippen molar-refractivity contribution in [1.82, 2.24) is 10.2 Å². The highest BCUT2D eigenvalue weighted by atomic mass is 35.5. The molecule has 0 bridgehead atoms. The summed E-state index contributed by atoms with van der Waals surface area (Å²) in [5.74, 6) is 1.75. The van der Waals surface area contributed by atoms with E-state index in [2.05, 4.69) is 22.4 Å². The van der Waals surface area contributed by atoms with Gasteiger partial charge in [0.1, 0.15) is 5.02 Å². The van der Waals surface area contributed by atoms with Crippen LogP contribution < -0.4 is 20.3 Å². The first-order valence-electron chi connectivity index (χ1n) is 7.23. The number of nitrogens with one attached hydrogen (secondary N) is 2. The first kappa shape index (κ1) is 17.1. The lowest BCUT2D eigenvalue weighted by atomic mass is 10.0. The molecule has 0 amide bonds. The smallest absolute Gasteiger partial charge is 0.285 e. The second kappa shape index (κ2) is 7.87. The minimum Gasteiger partial charge on any atom is -0.493 e. The van der Waals surface area contributed by atoms with Crippen molar-refractivity contribution in [3.05, 3.63) is 45.3 Å². The SMILES string of the molecule is COc1ccc(CC(C)CNc2cn[nH]c(=O)c2Cl)cc1OC. The number of hydrogen-bond donors (Lipinski definition) is 2. The zero-order valence-corrected chi connectivity index (χ0v) is 14.1. The van der Waals surface area contributed by atoms with E-state index in [9.17, 15) is 4.79 Å². The third kappa shape index (κ3) is 4.39. The molecule has 1 atom stereocenters. The van der Waals surface area contributed by atoms with Crippen LogP contribution in [0.15, 0.2) is 29.2 Å². The van der Waals surface area contributed by atoms with Crippen LogP contribution in [0.1, 0.15) is 12.5 Å². The summed E-state index contributed by atoms with van der Waals surface area (Å²) < 4.78 is 10.5. The number of aromatic nitrogens is 2. The second-order valence-electron chi connectivity index (χ2n) is 5.31. The summed E-state index contributed by atoms with van der Waals surface area (Å²) in [5, 5.41) is 9.30. The Balaban J connectivity index is 1.98. The van der Waals surface area contributed by atoms with Crippen LogP contribution in [-0.2, 0) is 6.42 Å². The number of aromatic amines is 1. The molecule has 7 heteroatoms. The fraction of sp³-hybridized carbons (Fsp3) is 0.375. The summed E-state index contributed by atoms with van der Waals surface area (Å²) in [6, 6.07) is 5.88. The normalized spacial score (nSPS) is 11.8. The molecule has 0 aliphatic heterocycles. The molecule has 1 aromatic heterocycles. The zero-order valence-electron chi connectivity index (χ0n) is 13.4. The van der Waals surface area contributed by atoms with Crippen LogP contribution in [-0.4, -0.2) is 31.0 Å². The number of rotatable bonds is 7. The number of nitrogens with zero attached hydrogens (tertiary/aromatic N) is 1. The predicted molar refractivity (Wildman–Crippen MR) is 90.8 cm³/mol. The number of H-pyrrole nitrogens is 1. The van der Waals surface area contributed by atoms with Gasteiger partial charge in [-0.1, -0.05) is 24.6 Å². The Morgan fingerprint density at radius 1 is 1.30 bits per heavy atom. The maximum Gasteiger partial charge on any atom is 0.285 e. The van der Waals surface area contributed by atoms with Crippen molar-refractivity contribution in [2.75, 3.05) is 26.1 Å². The lowest BCUT2D eigenvalue weighted by Gasteiger charge is -2.15.